The van der Waals surface area contributed by atoms with Crippen molar-refractivity contribution in [1.82, 2.24) is 0 Å². The molecule has 0 aliphatic carbocycles. The molecule has 0 spiro atoms. The molecule has 0 saturated heterocycles. The van der Waals surface area contributed by atoms with E-state index in [1.54, 1.807) is 0 Å². The fourth-order valence-corrected chi connectivity index (χ4v) is 2.28. The molecule has 1 aliphatic rings. The Morgan fingerprint density at radius 1 is 1.05 bits per heavy atom. The second kappa shape index (κ2) is 8.62. The van der Waals surface area contributed by atoms with Crippen molar-refractivity contribution in [2.24, 2.45) is 4.99 Å². The van der Waals surface area contributed by atoms with Gasteiger partial charge in [0.05, 0.1) is 13.2 Å². The van der Waals surface area contributed by atoms with Gasteiger partial charge in [-0.2, -0.15) is 0 Å². The van der Waals surface area contributed by atoms with E-state index in [1.165, 1.54) is 32.1 Å². The Balaban J connectivity index is 1.64. The zero-order valence-electron chi connectivity index (χ0n) is 12.4. The van der Waals surface area contributed by atoms with Gasteiger partial charge in [-0.05, 0) is 30.7 Å². The Kier molecular flexibility index (Phi) is 6.42. The third kappa shape index (κ3) is 4.87. The minimum Gasteiger partial charge on any atom is -0.494 e. The first kappa shape index (κ1) is 14.9. The molecule has 110 valence electrons. The van der Waals surface area contributed by atoms with Crippen molar-refractivity contribution in [1.29, 1.82) is 0 Å². The molecule has 20 heavy (non-hydrogen) atoms. The summed E-state index contributed by atoms with van der Waals surface area (Å²) in [4.78, 5) is 4.30. The van der Waals surface area contributed by atoms with E-state index in [0.29, 0.717) is 6.61 Å². The fraction of sp³-hybridized carbons (Fsp3) is 0.588. The average Bonchev–Trinajstić information content (AvgIpc) is 3.01. The van der Waals surface area contributed by atoms with Crippen LogP contribution in [0.4, 0.5) is 0 Å². The van der Waals surface area contributed by atoms with Crippen molar-refractivity contribution in [3.05, 3.63) is 29.8 Å². The third-order valence-electron chi connectivity index (χ3n) is 3.45. The highest BCUT2D eigenvalue weighted by molar-refractivity contribution is 5.94. The number of rotatable bonds is 9. The van der Waals surface area contributed by atoms with Gasteiger partial charge in [0.25, 0.3) is 0 Å². The standard InChI is InChI=1S/C17H25NO2/c1-2-3-4-5-6-7-13-19-16-10-8-15(9-11-16)17-18-12-14-20-17/h8-11H,2-7,12-14H2,1H3. The Morgan fingerprint density at radius 2 is 1.80 bits per heavy atom. The molecular formula is C17H25NO2. The molecule has 0 atom stereocenters. The van der Waals surface area contributed by atoms with Crippen LogP contribution < -0.4 is 4.74 Å². The normalized spacial score (nSPS) is 13.9. The molecule has 2 rings (SSSR count). The monoisotopic (exact) mass is 275 g/mol. The van der Waals surface area contributed by atoms with Crippen molar-refractivity contribution < 1.29 is 9.47 Å². The molecule has 0 bridgehead atoms. The van der Waals surface area contributed by atoms with E-state index in [0.717, 1.165) is 36.8 Å². The Hall–Kier alpha value is -1.51. The van der Waals surface area contributed by atoms with Gasteiger partial charge in [0, 0.05) is 5.56 Å². The van der Waals surface area contributed by atoms with E-state index in [-0.39, 0.29) is 0 Å². The molecule has 1 aliphatic heterocycles. The van der Waals surface area contributed by atoms with Gasteiger partial charge in [-0.1, -0.05) is 39.0 Å². The van der Waals surface area contributed by atoms with E-state index < -0.39 is 0 Å². The molecule has 3 nitrogen and oxygen atoms in total. The maximum absolute atomic E-state index is 5.75. The van der Waals surface area contributed by atoms with Crippen molar-refractivity contribution >= 4 is 5.90 Å². The van der Waals surface area contributed by atoms with Crippen LogP contribution in [0.3, 0.4) is 0 Å². The highest BCUT2D eigenvalue weighted by Gasteiger charge is 2.09. The topological polar surface area (TPSA) is 30.8 Å². The van der Waals surface area contributed by atoms with Crippen LogP contribution in [0.15, 0.2) is 29.3 Å². The van der Waals surface area contributed by atoms with Crippen molar-refractivity contribution in [2.45, 2.75) is 45.4 Å². The smallest absolute Gasteiger partial charge is 0.216 e. The number of hydrogen-bond donors (Lipinski definition) is 0. The summed E-state index contributed by atoms with van der Waals surface area (Å²) in [6, 6.07) is 8.02. The predicted molar refractivity (Wildman–Crippen MR) is 82.7 cm³/mol. The van der Waals surface area contributed by atoms with E-state index in [1.807, 2.05) is 24.3 Å². The van der Waals surface area contributed by atoms with Crippen LogP contribution in [0.2, 0.25) is 0 Å². The second-order valence-electron chi connectivity index (χ2n) is 5.18. The summed E-state index contributed by atoms with van der Waals surface area (Å²) >= 11 is 0. The van der Waals surface area contributed by atoms with Gasteiger partial charge in [0.2, 0.25) is 5.90 Å². The zero-order valence-corrected chi connectivity index (χ0v) is 12.4. The SMILES string of the molecule is CCCCCCCCOc1ccc(C2=NCCO2)cc1. The van der Waals surface area contributed by atoms with E-state index in [4.69, 9.17) is 9.47 Å². The minimum atomic E-state index is 0.700. The summed E-state index contributed by atoms with van der Waals surface area (Å²) in [5, 5.41) is 0. The molecule has 1 aromatic carbocycles. The molecule has 1 aromatic rings. The van der Waals surface area contributed by atoms with Gasteiger partial charge in [0.15, 0.2) is 0 Å². The quantitative estimate of drug-likeness (QED) is 0.632. The number of unbranched alkanes of at least 4 members (excludes halogenated alkanes) is 5. The molecule has 1 heterocycles. The average molecular weight is 275 g/mol. The molecule has 0 unspecified atom stereocenters. The lowest BCUT2D eigenvalue weighted by molar-refractivity contribution is 0.304. The number of aliphatic imine (C=N–C) groups is 1. The predicted octanol–water partition coefficient (Wildman–Crippen LogP) is 4.20. The molecule has 3 heteroatoms. The summed E-state index contributed by atoms with van der Waals surface area (Å²) < 4.78 is 11.2. The molecule has 0 fully saturated rings. The van der Waals surface area contributed by atoms with Crippen molar-refractivity contribution in [3.8, 4) is 5.75 Å². The molecule has 0 radical (unpaired) electrons. The minimum absolute atomic E-state index is 0.700. The van der Waals surface area contributed by atoms with Gasteiger partial charge in [-0.15, -0.1) is 0 Å². The van der Waals surface area contributed by atoms with Crippen LogP contribution in [0.5, 0.6) is 5.75 Å². The highest BCUT2D eigenvalue weighted by Crippen LogP contribution is 2.15. The molecular weight excluding hydrogens is 250 g/mol. The fourth-order valence-electron chi connectivity index (χ4n) is 2.28. The van der Waals surface area contributed by atoms with E-state index >= 15 is 0 Å². The first-order valence-corrected chi connectivity index (χ1v) is 7.80. The largest absolute Gasteiger partial charge is 0.494 e. The molecule has 0 aromatic heterocycles. The first-order chi connectivity index (χ1) is 9.90. The van der Waals surface area contributed by atoms with Gasteiger partial charge >= 0.3 is 0 Å². The van der Waals surface area contributed by atoms with E-state index in [2.05, 4.69) is 11.9 Å². The lowest BCUT2D eigenvalue weighted by atomic mass is 10.1. The summed E-state index contributed by atoms with van der Waals surface area (Å²) in [5.41, 5.74) is 1.04. The van der Waals surface area contributed by atoms with Gasteiger partial charge in [-0.25, -0.2) is 4.99 Å². The maximum atomic E-state index is 5.75. The zero-order chi connectivity index (χ0) is 14.0. The van der Waals surface area contributed by atoms with Crippen molar-refractivity contribution in [2.75, 3.05) is 19.8 Å². The number of hydrogen-bond acceptors (Lipinski definition) is 3. The number of nitrogens with zero attached hydrogens (tertiary/aromatic N) is 1. The third-order valence-corrected chi connectivity index (χ3v) is 3.45. The maximum Gasteiger partial charge on any atom is 0.216 e. The van der Waals surface area contributed by atoms with Gasteiger partial charge in [-0.3, -0.25) is 0 Å². The lowest BCUT2D eigenvalue weighted by Crippen LogP contribution is -2.01. The van der Waals surface area contributed by atoms with Crippen LogP contribution in [0.1, 0.15) is 51.0 Å². The van der Waals surface area contributed by atoms with Gasteiger partial charge < -0.3 is 9.47 Å². The number of ether oxygens (including phenoxy) is 2. The van der Waals surface area contributed by atoms with Crippen LogP contribution in [0.25, 0.3) is 0 Å². The lowest BCUT2D eigenvalue weighted by Gasteiger charge is -2.07. The summed E-state index contributed by atoms with van der Waals surface area (Å²) in [6.07, 6.45) is 7.75. The highest BCUT2D eigenvalue weighted by atomic mass is 16.5. The molecule has 0 amide bonds. The van der Waals surface area contributed by atoms with Crippen LogP contribution in [-0.2, 0) is 4.74 Å². The Morgan fingerprint density at radius 3 is 2.50 bits per heavy atom. The van der Waals surface area contributed by atoms with Crippen LogP contribution in [0, 0.1) is 0 Å². The second-order valence-corrected chi connectivity index (χ2v) is 5.18. The summed E-state index contributed by atoms with van der Waals surface area (Å²) in [5.74, 6) is 1.69. The first-order valence-electron chi connectivity index (χ1n) is 7.80. The molecule has 0 saturated carbocycles. The summed E-state index contributed by atoms with van der Waals surface area (Å²) in [7, 11) is 0. The van der Waals surface area contributed by atoms with Crippen molar-refractivity contribution in [3.63, 3.8) is 0 Å². The summed E-state index contributed by atoms with van der Waals surface area (Å²) in [6.45, 7) is 4.52. The Labute approximate surface area is 122 Å². The number of benzene rings is 1. The van der Waals surface area contributed by atoms with Crippen LogP contribution >= 0.6 is 0 Å². The molecule has 0 N–H and O–H groups in total. The van der Waals surface area contributed by atoms with E-state index in [9.17, 15) is 0 Å². The van der Waals surface area contributed by atoms with Crippen LogP contribution in [-0.4, -0.2) is 25.7 Å². The Bertz CT molecular complexity index is 412. The van der Waals surface area contributed by atoms with Gasteiger partial charge in [0.1, 0.15) is 12.4 Å².